The summed E-state index contributed by atoms with van der Waals surface area (Å²) in [4.78, 5) is 22.4. The van der Waals surface area contributed by atoms with Crippen molar-refractivity contribution in [3.8, 4) is 0 Å². The van der Waals surface area contributed by atoms with Crippen LogP contribution in [0, 0.1) is 0 Å². The fourth-order valence-corrected chi connectivity index (χ4v) is 5.55. The minimum absolute atomic E-state index is 0.0643. The van der Waals surface area contributed by atoms with Gasteiger partial charge in [0.1, 0.15) is 12.1 Å². The van der Waals surface area contributed by atoms with E-state index in [1.807, 2.05) is 0 Å². The highest BCUT2D eigenvalue weighted by Gasteiger charge is 2.37. The third-order valence-corrected chi connectivity index (χ3v) is 7.87. The number of aromatic nitrogens is 2. The van der Waals surface area contributed by atoms with Gasteiger partial charge in [0.15, 0.2) is 0 Å². The zero-order valence-corrected chi connectivity index (χ0v) is 24.1. The molecule has 1 aliphatic heterocycles. The largest absolute Gasteiger partial charge is 0.460 e. The van der Waals surface area contributed by atoms with Crippen molar-refractivity contribution in [3.05, 3.63) is 18.2 Å². The van der Waals surface area contributed by atoms with Crippen LogP contribution in [0.1, 0.15) is 142 Å². The van der Waals surface area contributed by atoms with Gasteiger partial charge in [-0.3, -0.25) is 9.69 Å². The summed E-state index contributed by atoms with van der Waals surface area (Å²) in [5, 5.41) is 10.8. The number of unbranched alkanes of at least 4 members (excludes halogenated alkanes) is 15. The third-order valence-electron chi connectivity index (χ3n) is 7.87. The Morgan fingerprint density at radius 3 is 2.05 bits per heavy atom. The summed E-state index contributed by atoms with van der Waals surface area (Å²) in [5.41, 5.74) is 0.932. The van der Waals surface area contributed by atoms with E-state index in [-0.39, 0.29) is 18.1 Å². The van der Waals surface area contributed by atoms with E-state index in [0.717, 1.165) is 37.9 Å². The lowest BCUT2D eigenvalue weighted by Gasteiger charge is -2.39. The Hall–Kier alpha value is -1.40. The molecular formula is C31H57N3O3. The molecule has 6 nitrogen and oxygen atoms in total. The van der Waals surface area contributed by atoms with Crippen molar-refractivity contribution in [2.75, 3.05) is 13.1 Å². The number of rotatable bonds is 23. The van der Waals surface area contributed by atoms with Gasteiger partial charge in [-0.15, -0.1) is 0 Å². The summed E-state index contributed by atoms with van der Waals surface area (Å²) in [5.74, 6) is -0.152. The van der Waals surface area contributed by atoms with Gasteiger partial charge in [0.25, 0.3) is 0 Å². The summed E-state index contributed by atoms with van der Waals surface area (Å²) in [6, 6.07) is -0.354. The van der Waals surface area contributed by atoms with Crippen LogP contribution in [0.5, 0.6) is 0 Å². The van der Waals surface area contributed by atoms with Crippen molar-refractivity contribution in [3.63, 3.8) is 0 Å². The molecule has 1 aromatic rings. The van der Waals surface area contributed by atoms with Crippen LogP contribution in [0.4, 0.5) is 0 Å². The predicted octanol–water partition coefficient (Wildman–Crippen LogP) is 7.36. The molecule has 1 fully saturated rings. The Bertz CT molecular complexity index is 667. The smallest absolute Gasteiger partial charge is 0.324 e. The first kappa shape index (κ1) is 31.8. The minimum atomic E-state index is -0.400. The molecule has 3 atom stereocenters. The average molecular weight is 520 g/mol. The zero-order valence-electron chi connectivity index (χ0n) is 24.1. The van der Waals surface area contributed by atoms with Crippen molar-refractivity contribution in [2.45, 2.75) is 161 Å². The topological polar surface area (TPSA) is 78.5 Å². The summed E-state index contributed by atoms with van der Waals surface area (Å²) in [7, 11) is 0. The molecule has 0 bridgehead atoms. The number of hydrogen-bond acceptors (Lipinski definition) is 5. The molecule has 1 aliphatic rings. The van der Waals surface area contributed by atoms with Gasteiger partial charge in [-0.1, -0.05) is 117 Å². The molecule has 0 radical (unpaired) electrons. The van der Waals surface area contributed by atoms with Crippen LogP contribution in [0.25, 0.3) is 0 Å². The second kappa shape index (κ2) is 20.5. The number of aromatic amines is 1. The van der Waals surface area contributed by atoms with Crippen LogP contribution in [0.15, 0.2) is 12.5 Å². The summed E-state index contributed by atoms with van der Waals surface area (Å²) < 4.78 is 5.88. The van der Waals surface area contributed by atoms with E-state index >= 15 is 0 Å². The van der Waals surface area contributed by atoms with Gasteiger partial charge < -0.3 is 14.8 Å². The molecule has 214 valence electrons. The summed E-state index contributed by atoms with van der Waals surface area (Å²) in [6.07, 6.45) is 27.0. The number of esters is 1. The molecular weight excluding hydrogens is 462 g/mol. The lowest BCUT2D eigenvalue weighted by atomic mass is 10.0. The number of nitrogens with zero attached hydrogens (tertiary/aromatic N) is 2. The SMILES string of the molecule is CCCCCCCCCCCC(O)CN1CC(CCCCCCCCCC)OC(=O)C1Cc1cnc[nH]1. The van der Waals surface area contributed by atoms with Gasteiger partial charge in [0.05, 0.1) is 12.4 Å². The molecule has 0 aliphatic carbocycles. The molecule has 0 spiro atoms. The molecule has 6 heteroatoms. The highest BCUT2D eigenvalue weighted by molar-refractivity contribution is 5.77. The van der Waals surface area contributed by atoms with E-state index < -0.39 is 6.10 Å². The van der Waals surface area contributed by atoms with Gasteiger partial charge in [0, 0.05) is 31.4 Å². The molecule has 1 aromatic heterocycles. The van der Waals surface area contributed by atoms with Crippen LogP contribution >= 0.6 is 0 Å². The van der Waals surface area contributed by atoms with Crippen molar-refractivity contribution in [1.29, 1.82) is 0 Å². The van der Waals surface area contributed by atoms with E-state index in [2.05, 4.69) is 28.7 Å². The zero-order chi connectivity index (χ0) is 26.6. The number of carbonyl (C=O) groups excluding carboxylic acids is 1. The fraction of sp³-hybridized carbons (Fsp3) is 0.871. The summed E-state index contributed by atoms with van der Waals surface area (Å²) in [6.45, 7) is 5.77. The monoisotopic (exact) mass is 519 g/mol. The standard InChI is InChI=1S/C31H57N3O3/c1-3-5-7-9-11-13-14-16-18-20-28(35)24-34-25-29(21-19-17-15-12-10-8-6-4-2)37-31(36)30(34)22-27-23-32-26-33-27/h23,26,28-30,35H,3-22,24-25H2,1-2H3,(H,32,33). The molecule has 2 heterocycles. The lowest BCUT2D eigenvalue weighted by Crippen LogP contribution is -2.55. The number of imidazole rings is 1. The first-order valence-electron chi connectivity index (χ1n) is 15.7. The normalized spacial score (nSPS) is 19.3. The number of ether oxygens (including phenoxy) is 1. The van der Waals surface area contributed by atoms with E-state index in [1.54, 1.807) is 12.5 Å². The highest BCUT2D eigenvalue weighted by atomic mass is 16.5. The molecule has 0 aromatic carbocycles. The first-order valence-corrected chi connectivity index (χ1v) is 15.7. The van der Waals surface area contributed by atoms with Crippen molar-refractivity contribution < 1.29 is 14.6 Å². The molecule has 37 heavy (non-hydrogen) atoms. The Morgan fingerprint density at radius 2 is 1.49 bits per heavy atom. The van der Waals surface area contributed by atoms with Crippen LogP contribution in [0.2, 0.25) is 0 Å². The predicted molar refractivity (Wildman–Crippen MR) is 153 cm³/mol. The van der Waals surface area contributed by atoms with Crippen LogP contribution in [0.3, 0.4) is 0 Å². The molecule has 2 rings (SSSR count). The van der Waals surface area contributed by atoms with Crippen LogP contribution < -0.4 is 0 Å². The number of nitrogens with one attached hydrogen (secondary N) is 1. The Labute approximate surface area is 227 Å². The Morgan fingerprint density at radius 1 is 0.919 bits per heavy atom. The maximum absolute atomic E-state index is 13.0. The van der Waals surface area contributed by atoms with Crippen molar-refractivity contribution >= 4 is 5.97 Å². The number of cyclic esters (lactones) is 1. The Kier molecular flexibility index (Phi) is 17.7. The van der Waals surface area contributed by atoms with Gasteiger partial charge in [0.2, 0.25) is 0 Å². The molecule has 0 amide bonds. The van der Waals surface area contributed by atoms with Gasteiger partial charge in [-0.2, -0.15) is 0 Å². The second-order valence-electron chi connectivity index (χ2n) is 11.3. The highest BCUT2D eigenvalue weighted by Crippen LogP contribution is 2.22. The lowest BCUT2D eigenvalue weighted by molar-refractivity contribution is -0.168. The van der Waals surface area contributed by atoms with E-state index in [1.165, 1.54) is 96.3 Å². The quantitative estimate of drug-likeness (QED) is 0.117. The first-order chi connectivity index (χ1) is 18.1. The van der Waals surface area contributed by atoms with E-state index in [9.17, 15) is 9.90 Å². The fourth-order valence-electron chi connectivity index (χ4n) is 5.55. The second-order valence-corrected chi connectivity index (χ2v) is 11.3. The van der Waals surface area contributed by atoms with Crippen molar-refractivity contribution in [2.24, 2.45) is 0 Å². The number of aliphatic hydroxyl groups is 1. The number of H-pyrrole nitrogens is 1. The number of aliphatic hydroxyl groups excluding tert-OH is 1. The van der Waals surface area contributed by atoms with Crippen LogP contribution in [-0.4, -0.2) is 57.3 Å². The van der Waals surface area contributed by atoms with Crippen LogP contribution in [-0.2, 0) is 16.0 Å². The number of hydrogen-bond donors (Lipinski definition) is 2. The van der Waals surface area contributed by atoms with Crippen molar-refractivity contribution in [1.82, 2.24) is 14.9 Å². The average Bonchev–Trinajstić information content (AvgIpc) is 3.40. The number of morpholine rings is 1. The molecule has 3 unspecified atom stereocenters. The van der Waals surface area contributed by atoms with Gasteiger partial charge in [-0.25, -0.2) is 4.98 Å². The maximum atomic E-state index is 13.0. The minimum Gasteiger partial charge on any atom is -0.460 e. The van der Waals surface area contributed by atoms with Gasteiger partial charge in [-0.05, 0) is 19.3 Å². The Balaban J connectivity index is 1.72. The third kappa shape index (κ3) is 14.4. The number of carbonyl (C=O) groups is 1. The maximum Gasteiger partial charge on any atom is 0.324 e. The number of β-amino-alcohol motifs (C(OH)–C–C–N with tert-alkyl or cyclic N) is 1. The molecule has 1 saturated heterocycles. The van der Waals surface area contributed by atoms with Gasteiger partial charge >= 0.3 is 5.97 Å². The summed E-state index contributed by atoms with van der Waals surface area (Å²) >= 11 is 0. The van der Waals surface area contributed by atoms with E-state index in [0.29, 0.717) is 13.0 Å². The van der Waals surface area contributed by atoms with E-state index in [4.69, 9.17) is 4.74 Å². The molecule has 2 N–H and O–H groups in total. The molecule has 0 saturated carbocycles.